The molecule has 1 fully saturated rings. The number of hydrogen-bond donors (Lipinski definition) is 1. The molecule has 36 heavy (non-hydrogen) atoms. The number of nitrogens with zero attached hydrogens (tertiary/aromatic N) is 1. The molecule has 7 nitrogen and oxygen atoms in total. The van der Waals surface area contributed by atoms with Gasteiger partial charge in [0.2, 0.25) is 0 Å². The second-order valence-electron chi connectivity index (χ2n) is 7.67. The quantitative estimate of drug-likeness (QED) is 0.359. The van der Waals surface area contributed by atoms with Crippen molar-refractivity contribution >= 4 is 46.6 Å². The number of hydrogen-bond acceptors (Lipinski definition) is 6. The molecule has 1 heterocycles. The largest absolute Gasteiger partial charge is 0.493 e. The van der Waals surface area contributed by atoms with Gasteiger partial charge in [0.05, 0.1) is 24.1 Å². The lowest BCUT2D eigenvalue weighted by Gasteiger charge is -2.14. The Labute approximate surface area is 215 Å². The van der Waals surface area contributed by atoms with Crippen molar-refractivity contribution in [1.82, 2.24) is 4.90 Å². The predicted molar refractivity (Wildman–Crippen MR) is 134 cm³/mol. The monoisotopic (exact) mass is 527 g/mol. The molecule has 184 valence electrons. The number of benzene rings is 3. The van der Waals surface area contributed by atoms with E-state index < -0.39 is 22.9 Å². The molecule has 2 amide bonds. The number of methoxy groups -OCH3 is 1. The van der Waals surface area contributed by atoms with Crippen LogP contribution in [0.3, 0.4) is 0 Å². The van der Waals surface area contributed by atoms with Gasteiger partial charge in [-0.3, -0.25) is 14.5 Å². The number of carboxylic acid groups (broad SMARTS) is 1. The zero-order valence-corrected chi connectivity index (χ0v) is 20.4. The first kappa shape index (κ1) is 25.3. The number of amides is 2. The Morgan fingerprint density at radius 3 is 2.53 bits per heavy atom. The van der Waals surface area contributed by atoms with Gasteiger partial charge >= 0.3 is 5.97 Å². The minimum Gasteiger partial charge on any atom is -0.493 e. The van der Waals surface area contributed by atoms with E-state index in [1.54, 1.807) is 36.4 Å². The van der Waals surface area contributed by atoms with Crippen LogP contribution in [0.1, 0.15) is 27.0 Å². The number of halogens is 2. The standard InChI is InChI=1S/C26H19ClFNO6S/c1-34-22-11-16(7-10-21(22)35-14-15-5-8-17(9-6-15)25(31)32)12-23-24(30)29(26(33)36-23)13-18-19(27)3-2-4-20(18)28/h2-12H,13-14H2,1H3,(H,31,32)/b23-12-. The molecule has 1 aliphatic rings. The topological polar surface area (TPSA) is 93.1 Å². The van der Waals surface area contributed by atoms with Crippen LogP contribution in [0.25, 0.3) is 6.08 Å². The molecule has 0 spiro atoms. The second kappa shape index (κ2) is 10.8. The molecule has 3 aromatic rings. The smallest absolute Gasteiger partial charge is 0.335 e. The summed E-state index contributed by atoms with van der Waals surface area (Å²) >= 11 is 6.80. The highest BCUT2D eigenvalue weighted by atomic mass is 35.5. The van der Waals surface area contributed by atoms with Gasteiger partial charge in [0.1, 0.15) is 12.4 Å². The Kier molecular flexibility index (Phi) is 7.61. The summed E-state index contributed by atoms with van der Waals surface area (Å²) in [7, 11) is 1.47. The van der Waals surface area contributed by atoms with Crippen LogP contribution >= 0.6 is 23.4 Å². The van der Waals surface area contributed by atoms with E-state index in [2.05, 4.69) is 0 Å². The summed E-state index contributed by atoms with van der Waals surface area (Å²) in [5, 5.41) is 8.61. The first-order chi connectivity index (χ1) is 17.3. The van der Waals surface area contributed by atoms with Crippen molar-refractivity contribution < 1.29 is 33.4 Å². The average Bonchev–Trinajstić information content (AvgIpc) is 3.12. The maximum atomic E-state index is 14.1. The fourth-order valence-corrected chi connectivity index (χ4v) is 4.49. The van der Waals surface area contributed by atoms with Crippen LogP contribution in [0.15, 0.2) is 65.6 Å². The minimum atomic E-state index is -1.01. The molecule has 1 N–H and O–H groups in total. The highest BCUT2D eigenvalue weighted by Gasteiger charge is 2.36. The van der Waals surface area contributed by atoms with E-state index in [4.69, 9.17) is 26.2 Å². The summed E-state index contributed by atoms with van der Waals surface area (Å²) in [6.45, 7) is -0.0792. The van der Waals surface area contributed by atoms with E-state index in [9.17, 15) is 18.8 Å². The van der Waals surface area contributed by atoms with Crippen LogP contribution in [0.5, 0.6) is 11.5 Å². The Hall–Kier alpha value is -3.82. The number of aromatic carboxylic acids is 1. The number of carboxylic acids is 1. The van der Waals surface area contributed by atoms with Gasteiger partial charge in [-0.25, -0.2) is 9.18 Å². The fourth-order valence-electron chi connectivity index (χ4n) is 3.43. The third-order valence-electron chi connectivity index (χ3n) is 5.33. The van der Waals surface area contributed by atoms with Crippen LogP contribution < -0.4 is 9.47 Å². The maximum Gasteiger partial charge on any atom is 0.335 e. The zero-order valence-electron chi connectivity index (χ0n) is 18.9. The molecule has 0 radical (unpaired) electrons. The Morgan fingerprint density at radius 2 is 1.86 bits per heavy atom. The molecule has 0 unspecified atom stereocenters. The summed E-state index contributed by atoms with van der Waals surface area (Å²) in [5.74, 6) is -1.30. The van der Waals surface area contributed by atoms with Crippen molar-refractivity contribution in [3.05, 3.63) is 98.7 Å². The average molecular weight is 528 g/mol. The first-order valence-electron chi connectivity index (χ1n) is 10.6. The maximum absolute atomic E-state index is 14.1. The van der Waals surface area contributed by atoms with E-state index >= 15 is 0 Å². The van der Waals surface area contributed by atoms with Crippen molar-refractivity contribution in [2.45, 2.75) is 13.2 Å². The molecular weight excluding hydrogens is 509 g/mol. The highest BCUT2D eigenvalue weighted by molar-refractivity contribution is 8.18. The van der Waals surface area contributed by atoms with Crippen molar-refractivity contribution in [3.63, 3.8) is 0 Å². The van der Waals surface area contributed by atoms with E-state index in [-0.39, 0.29) is 34.2 Å². The number of carbonyl (C=O) groups excluding carboxylic acids is 2. The highest BCUT2D eigenvalue weighted by Crippen LogP contribution is 2.36. The Balaban J connectivity index is 1.48. The molecule has 0 aromatic heterocycles. The van der Waals surface area contributed by atoms with Crippen LogP contribution in [-0.4, -0.2) is 34.2 Å². The van der Waals surface area contributed by atoms with Gasteiger partial charge in [-0.1, -0.05) is 35.9 Å². The fraction of sp³-hybridized carbons (Fsp3) is 0.115. The summed E-state index contributed by atoms with van der Waals surface area (Å²) in [6, 6.07) is 15.5. The van der Waals surface area contributed by atoms with Crippen molar-refractivity contribution in [2.24, 2.45) is 0 Å². The molecule has 3 aromatic carbocycles. The molecule has 0 aliphatic carbocycles. The second-order valence-corrected chi connectivity index (χ2v) is 9.07. The van der Waals surface area contributed by atoms with Crippen LogP contribution in [0.4, 0.5) is 9.18 Å². The number of rotatable bonds is 8. The lowest BCUT2D eigenvalue weighted by atomic mass is 10.1. The van der Waals surface area contributed by atoms with Gasteiger partial charge in [-0.05, 0) is 65.4 Å². The van der Waals surface area contributed by atoms with Crippen molar-refractivity contribution in [3.8, 4) is 11.5 Å². The molecule has 1 saturated heterocycles. The third-order valence-corrected chi connectivity index (χ3v) is 6.59. The summed E-state index contributed by atoms with van der Waals surface area (Å²) in [6.07, 6.45) is 1.55. The minimum absolute atomic E-state index is 0.0727. The predicted octanol–water partition coefficient (Wildman–Crippen LogP) is 6.00. The lowest BCUT2D eigenvalue weighted by Crippen LogP contribution is -2.28. The van der Waals surface area contributed by atoms with Gasteiger partial charge in [0.15, 0.2) is 11.5 Å². The van der Waals surface area contributed by atoms with Gasteiger partial charge in [-0.15, -0.1) is 0 Å². The van der Waals surface area contributed by atoms with Crippen LogP contribution in [0, 0.1) is 5.82 Å². The van der Waals surface area contributed by atoms with E-state index in [1.165, 1.54) is 37.4 Å². The summed E-state index contributed by atoms with van der Waals surface area (Å²) < 4.78 is 25.4. The molecule has 10 heteroatoms. The normalized spacial score (nSPS) is 14.4. The lowest BCUT2D eigenvalue weighted by molar-refractivity contribution is -0.123. The number of thioether (sulfide) groups is 1. The van der Waals surface area contributed by atoms with Crippen LogP contribution in [0.2, 0.25) is 5.02 Å². The first-order valence-corrected chi connectivity index (χ1v) is 11.8. The Bertz CT molecular complexity index is 1360. The van der Waals surface area contributed by atoms with Crippen molar-refractivity contribution in [2.75, 3.05) is 7.11 Å². The van der Waals surface area contributed by atoms with Gasteiger partial charge in [0, 0.05) is 10.6 Å². The molecule has 0 atom stereocenters. The number of ether oxygens (including phenoxy) is 2. The van der Waals surface area contributed by atoms with E-state index in [0.29, 0.717) is 17.1 Å². The van der Waals surface area contributed by atoms with Crippen LogP contribution in [-0.2, 0) is 17.9 Å². The molecule has 0 saturated carbocycles. The van der Waals surface area contributed by atoms with Gasteiger partial charge < -0.3 is 14.6 Å². The number of carbonyl (C=O) groups is 3. The van der Waals surface area contributed by atoms with Crippen molar-refractivity contribution in [1.29, 1.82) is 0 Å². The summed E-state index contributed by atoms with van der Waals surface area (Å²) in [5.41, 5.74) is 1.62. The van der Waals surface area contributed by atoms with E-state index in [1.807, 2.05) is 0 Å². The van der Waals surface area contributed by atoms with Gasteiger partial charge in [-0.2, -0.15) is 0 Å². The summed E-state index contributed by atoms with van der Waals surface area (Å²) in [4.78, 5) is 37.4. The van der Waals surface area contributed by atoms with Gasteiger partial charge in [0.25, 0.3) is 11.1 Å². The number of imide groups is 1. The third kappa shape index (κ3) is 5.53. The molecule has 1 aliphatic heterocycles. The Morgan fingerprint density at radius 1 is 1.11 bits per heavy atom. The van der Waals surface area contributed by atoms with E-state index in [0.717, 1.165) is 22.2 Å². The molecule has 0 bridgehead atoms. The molecular formula is C26H19ClFNO6S. The molecule has 4 rings (SSSR count). The zero-order chi connectivity index (χ0) is 25.8. The SMILES string of the molecule is COc1cc(/C=C2\SC(=O)N(Cc3c(F)cccc3Cl)C2=O)ccc1OCc1ccc(C(=O)O)cc1.